The lowest BCUT2D eigenvalue weighted by molar-refractivity contribution is 0.415. The van der Waals surface area contributed by atoms with Gasteiger partial charge in [-0.3, -0.25) is 4.68 Å². The van der Waals surface area contributed by atoms with Crippen LogP contribution in [0.5, 0.6) is 5.75 Å². The van der Waals surface area contributed by atoms with E-state index in [9.17, 15) is 0 Å². The Labute approximate surface area is 106 Å². The number of nitrogens with zero attached hydrogens (tertiary/aromatic N) is 2. The maximum atomic E-state index is 5.23. The number of ether oxygens (including phenoxy) is 1. The van der Waals surface area contributed by atoms with Gasteiger partial charge in [-0.2, -0.15) is 5.10 Å². The normalized spacial score (nSPS) is 10.8. The first-order chi connectivity index (χ1) is 8.78. The predicted octanol–water partition coefficient (Wildman–Crippen LogP) is 3.25. The molecule has 0 radical (unpaired) electrons. The van der Waals surface area contributed by atoms with Gasteiger partial charge in [-0.1, -0.05) is 18.2 Å². The van der Waals surface area contributed by atoms with Gasteiger partial charge in [0.05, 0.1) is 12.8 Å². The summed E-state index contributed by atoms with van der Waals surface area (Å²) < 4.78 is 7.11. The van der Waals surface area contributed by atoms with Crippen LogP contribution in [0.15, 0.2) is 48.7 Å². The summed E-state index contributed by atoms with van der Waals surface area (Å²) in [4.78, 5) is 0. The van der Waals surface area contributed by atoms with E-state index in [1.807, 2.05) is 36.1 Å². The molecule has 1 heterocycles. The highest BCUT2D eigenvalue weighted by Gasteiger charge is 2.04. The van der Waals surface area contributed by atoms with Gasteiger partial charge >= 0.3 is 0 Å². The highest BCUT2D eigenvalue weighted by Crippen LogP contribution is 2.26. The third-order valence-corrected chi connectivity index (χ3v) is 3.16. The summed E-state index contributed by atoms with van der Waals surface area (Å²) in [5.74, 6) is 0.885. The van der Waals surface area contributed by atoms with Crippen LogP contribution < -0.4 is 4.74 Å². The molecule has 0 atom stereocenters. The SMILES string of the molecule is COc1ccc2cc(-c3ccnn3C)ccc2c1. The summed E-state index contributed by atoms with van der Waals surface area (Å²) in [5, 5.41) is 6.58. The molecule has 0 saturated heterocycles. The zero-order chi connectivity index (χ0) is 12.5. The Bertz CT molecular complexity index is 701. The van der Waals surface area contributed by atoms with Crippen LogP contribution in [0.2, 0.25) is 0 Å². The Balaban J connectivity index is 2.15. The van der Waals surface area contributed by atoms with Crippen molar-refractivity contribution >= 4 is 10.8 Å². The topological polar surface area (TPSA) is 27.1 Å². The van der Waals surface area contributed by atoms with Crippen molar-refractivity contribution in [3.05, 3.63) is 48.7 Å². The Hall–Kier alpha value is -2.29. The van der Waals surface area contributed by atoms with Gasteiger partial charge in [0.25, 0.3) is 0 Å². The Morgan fingerprint density at radius 2 is 1.78 bits per heavy atom. The smallest absolute Gasteiger partial charge is 0.119 e. The molecule has 3 nitrogen and oxygen atoms in total. The largest absolute Gasteiger partial charge is 0.497 e. The second kappa shape index (κ2) is 4.18. The Kier molecular flexibility index (Phi) is 2.52. The van der Waals surface area contributed by atoms with Crippen LogP contribution in [0.3, 0.4) is 0 Å². The Morgan fingerprint density at radius 3 is 2.50 bits per heavy atom. The molecule has 1 aromatic heterocycles. The molecule has 0 aliphatic rings. The van der Waals surface area contributed by atoms with Crippen molar-refractivity contribution in [1.29, 1.82) is 0 Å². The molecular formula is C15H14N2O. The van der Waals surface area contributed by atoms with E-state index in [1.165, 1.54) is 16.3 Å². The number of rotatable bonds is 2. The number of methoxy groups -OCH3 is 1. The molecule has 3 aromatic rings. The van der Waals surface area contributed by atoms with Gasteiger partial charge in [0.15, 0.2) is 0 Å². The van der Waals surface area contributed by atoms with E-state index in [4.69, 9.17) is 4.74 Å². The molecule has 0 spiro atoms. The second-order valence-electron chi connectivity index (χ2n) is 4.27. The highest BCUT2D eigenvalue weighted by atomic mass is 16.5. The summed E-state index contributed by atoms with van der Waals surface area (Å²) in [6.45, 7) is 0. The van der Waals surface area contributed by atoms with Gasteiger partial charge in [-0.25, -0.2) is 0 Å². The molecule has 0 N–H and O–H groups in total. The third kappa shape index (κ3) is 1.74. The van der Waals surface area contributed by atoms with E-state index in [2.05, 4.69) is 29.4 Å². The van der Waals surface area contributed by atoms with Crippen LogP contribution in [0, 0.1) is 0 Å². The van der Waals surface area contributed by atoms with Crippen LogP contribution in [0.25, 0.3) is 22.0 Å². The maximum absolute atomic E-state index is 5.23. The first kappa shape index (κ1) is 10.8. The lowest BCUT2D eigenvalue weighted by Crippen LogP contribution is -1.93. The van der Waals surface area contributed by atoms with E-state index in [1.54, 1.807) is 7.11 Å². The van der Waals surface area contributed by atoms with Gasteiger partial charge in [0.1, 0.15) is 5.75 Å². The minimum atomic E-state index is 0.885. The van der Waals surface area contributed by atoms with E-state index in [0.717, 1.165) is 11.4 Å². The fourth-order valence-electron chi connectivity index (χ4n) is 2.17. The molecule has 0 unspecified atom stereocenters. The Morgan fingerprint density at radius 1 is 1.00 bits per heavy atom. The lowest BCUT2D eigenvalue weighted by Gasteiger charge is -2.06. The fraction of sp³-hybridized carbons (Fsp3) is 0.133. The van der Waals surface area contributed by atoms with Gasteiger partial charge < -0.3 is 4.74 Å². The van der Waals surface area contributed by atoms with Gasteiger partial charge in [-0.15, -0.1) is 0 Å². The fourth-order valence-corrected chi connectivity index (χ4v) is 2.17. The molecule has 3 heteroatoms. The second-order valence-corrected chi connectivity index (χ2v) is 4.27. The van der Waals surface area contributed by atoms with E-state index < -0.39 is 0 Å². The first-order valence-electron chi connectivity index (χ1n) is 5.84. The van der Waals surface area contributed by atoms with Crippen LogP contribution in [-0.2, 0) is 7.05 Å². The van der Waals surface area contributed by atoms with Crippen molar-refractivity contribution in [2.75, 3.05) is 7.11 Å². The summed E-state index contributed by atoms with van der Waals surface area (Å²) in [5.41, 5.74) is 2.29. The predicted molar refractivity (Wildman–Crippen MR) is 72.7 cm³/mol. The van der Waals surface area contributed by atoms with Gasteiger partial charge in [0.2, 0.25) is 0 Å². The van der Waals surface area contributed by atoms with Crippen LogP contribution >= 0.6 is 0 Å². The summed E-state index contributed by atoms with van der Waals surface area (Å²) in [6.07, 6.45) is 1.81. The van der Waals surface area contributed by atoms with Crippen LogP contribution in [0.1, 0.15) is 0 Å². The lowest BCUT2D eigenvalue weighted by atomic mass is 10.0. The molecule has 90 valence electrons. The summed E-state index contributed by atoms with van der Waals surface area (Å²) in [7, 11) is 3.64. The number of fused-ring (bicyclic) bond motifs is 1. The van der Waals surface area contributed by atoms with Gasteiger partial charge in [-0.05, 0) is 35.0 Å². The third-order valence-electron chi connectivity index (χ3n) is 3.16. The minimum absolute atomic E-state index is 0.885. The molecule has 0 aliphatic heterocycles. The van der Waals surface area contributed by atoms with E-state index in [0.29, 0.717) is 0 Å². The molecule has 0 fully saturated rings. The number of hydrogen-bond donors (Lipinski definition) is 0. The standard InChI is InChI=1S/C15H14N2O/c1-17-15(7-8-16-17)13-4-3-12-10-14(18-2)6-5-11(12)9-13/h3-10H,1-2H3. The molecule has 0 bridgehead atoms. The number of hydrogen-bond acceptors (Lipinski definition) is 2. The highest BCUT2D eigenvalue weighted by molar-refractivity contribution is 5.87. The molecule has 0 amide bonds. The molecule has 0 aliphatic carbocycles. The monoisotopic (exact) mass is 238 g/mol. The average Bonchev–Trinajstić information content (AvgIpc) is 2.84. The summed E-state index contributed by atoms with van der Waals surface area (Å²) in [6, 6.07) is 14.5. The van der Waals surface area contributed by atoms with Crippen molar-refractivity contribution in [2.24, 2.45) is 7.05 Å². The first-order valence-corrected chi connectivity index (χ1v) is 5.84. The van der Waals surface area contributed by atoms with Crippen molar-refractivity contribution in [3.8, 4) is 17.0 Å². The van der Waals surface area contributed by atoms with Gasteiger partial charge in [0, 0.05) is 18.8 Å². The van der Waals surface area contributed by atoms with Crippen molar-refractivity contribution in [3.63, 3.8) is 0 Å². The molecule has 18 heavy (non-hydrogen) atoms. The van der Waals surface area contributed by atoms with Crippen molar-refractivity contribution in [2.45, 2.75) is 0 Å². The molecule has 0 saturated carbocycles. The number of benzene rings is 2. The summed E-state index contributed by atoms with van der Waals surface area (Å²) >= 11 is 0. The maximum Gasteiger partial charge on any atom is 0.119 e. The van der Waals surface area contributed by atoms with Crippen molar-refractivity contribution < 1.29 is 4.74 Å². The zero-order valence-electron chi connectivity index (χ0n) is 10.4. The molecule has 2 aromatic carbocycles. The van der Waals surface area contributed by atoms with Crippen molar-refractivity contribution in [1.82, 2.24) is 9.78 Å². The molecular weight excluding hydrogens is 224 g/mol. The number of aryl methyl sites for hydroxylation is 1. The van der Waals surface area contributed by atoms with E-state index >= 15 is 0 Å². The zero-order valence-corrected chi connectivity index (χ0v) is 10.4. The van der Waals surface area contributed by atoms with Crippen LogP contribution in [-0.4, -0.2) is 16.9 Å². The molecule has 3 rings (SSSR count). The minimum Gasteiger partial charge on any atom is -0.497 e. The quantitative estimate of drug-likeness (QED) is 0.685. The number of aromatic nitrogens is 2. The van der Waals surface area contributed by atoms with E-state index in [-0.39, 0.29) is 0 Å². The van der Waals surface area contributed by atoms with Crippen LogP contribution in [0.4, 0.5) is 0 Å². The average molecular weight is 238 g/mol.